The summed E-state index contributed by atoms with van der Waals surface area (Å²) in [4.78, 5) is 17.6. The minimum atomic E-state index is -0.284. The zero-order valence-corrected chi connectivity index (χ0v) is 16.2. The largest absolute Gasteiger partial charge is 0.356 e. The van der Waals surface area contributed by atoms with Crippen LogP contribution >= 0.6 is 0 Å². The number of nitrogens with zero attached hydrogens (tertiary/aromatic N) is 2. The van der Waals surface area contributed by atoms with E-state index in [2.05, 4.69) is 29.5 Å². The standard InChI is InChI=1S/C19H31FN4O/c1-14(2)11-21-18(22-12-17(25)24(5)6)23-13-19(3,4)15-8-7-9-16(20)10-15/h7-10,14H,11-13H2,1-6H3,(H2,21,22,23). The second kappa shape index (κ2) is 9.39. The molecule has 0 saturated heterocycles. The minimum Gasteiger partial charge on any atom is -0.356 e. The zero-order valence-electron chi connectivity index (χ0n) is 16.2. The van der Waals surface area contributed by atoms with Gasteiger partial charge >= 0.3 is 0 Å². The molecule has 0 aliphatic carbocycles. The molecule has 1 rings (SSSR count). The van der Waals surface area contributed by atoms with Gasteiger partial charge in [0.2, 0.25) is 5.91 Å². The molecule has 0 atom stereocenters. The molecule has 0 saturated carbocycles. The molecule has 2 N–H and O–H groups in total. The number of carbonyl (C=O) groups excluding carboxylic acids is 1. The van der Waals surface area contributed by atoms with E-state index in [1.807, 2.05) is 19.9 Å². The van der Waals surface area contributed by atoms with Gasteiger partial charge in [0.15, 0.2) is 5.96 Å². The third-order valence-corrected chi connectivity index (χ3v) is 3.85. The lowest BCUT2D eigenvalue weighted by Gasteiger charge is -2.27. The summed E-state index contributed by atoms with van der Waals surface area (Å²) >= 11 is 0. The summed E-state index contributed by atoms with van der Waals surface area (Å²) in [7, 11) is 3.42. The molecular weight excluding hydrogens is 319 g/mol. The number of likely N-dealkylation sites (N-methyl/N-ethyl adjacent to an activating group) is 1. The van der Waals surface area contributed by atoms with Gasteiger partial charge in [-0.1, -0.05) is 39.8 Å². The van der Waals surface area contributed by atoms with Crippen LogP contribution in [0.4, 0.5) is 4.39 Å². The SMILES string of the molecule is CC(C)CNC(=NCC(=O)N(C)C)NCC(C)(C)c1cccc(F)c1. The summed E-state index contributed by atoms with van der Waals surface area (Å²) in [6, 6.07) is 6.62. The van der Waals surface area contributed by atoms with E-state index in [1.54, 1.807) is 26.2 Å². The molecule has 0 unspecified atom stereocenters. The Bertz CT molecular complexity index is 597. The quantitative estimate of drug-likeness (QED) is 0.586. The minimum absolute atomic E-state index is 0.0602. The molecule has 0 aliphatic heterocycles. The van der Waals surface area contributed by atoms with E-state index in [9.17, 15) is 9.18 Å². The van der Waals surface area contributed by atoms with Gasteiger partial charge in [-0.3, -0.25) is 4.79 Å². The summed E-state index contributed by atoms with van der Waals surface area (Å²) < 4.78 is 13.5. The first-order chi connectivity index (χ1) is 11.6. The summed E-state index contributed by atoms with van der Waals surface area (Å²) in [5.41, 5.74) is 0.626. The fraction of sp³-hybridized carbons (Fsp3) is 0.579. The highest BCUT2D eigenvalue weighted by Gasteiger charge is 2.21. The van der Waals surface area contributed by atoms with Crippen molar-refractivity contribution >= 4 is 11.9 Å². The number of halogens is 1. The van der Waals surface area contributed by atoms with Gasteiger partial charge in [-0.05, 0) is 23.6 Å². The van der Waals surface area contributed by atoms with Crippen molar-refractivity contribution in [2.45, 2.75) is 33.1 Å². The molecule has 25 heavy (non-hydrogen) atoms. The van der Waals surface area contributed by atoms with Gasteiger partial charge in [-0.15, -0.1) is 0 Å². The predicted molar refractivity (Wildman–Crippen MR) is 101 cm³/mol. The fourth-order valence-electron chi connectivity index (χ4n) is 2.08. The van der Waals surface area contributed by atoms with Crippen LogP contribution in [0, 0.1) is 11.7 Å². The van der Waals surface area contributed by atoms with Gasteiger partial charge in [-0.2, -0.15) is 0 Å². The molecule has 140 valence electrons. The van der Waals surface area contributed by atoms with Crippen LogP contribution in [0.25, 0.3) is 0 Å². The number of nitrogens with one attached hydrogen (secondary N) is 2. The molecule has 0 heterocycles. The number of guanidine groups is 1. The highest BCUT2D eigenvalue weighted by Crippen LogP contribution is 2.22. The van der Waals surface area contributed by atoms with Crippen LogP contribution in [0.3, 0.4) is 0 Å². The van der Waals surface area contributed by atoms with E-state index < -0.39 is 0 Å². The maximum absolute atomic E-state index is 13.5. The van der Waals surface area contributed by atoms with Crippen molar-refractivity contribution in [3.8, 4) is 0 Å². The summed E-state index contributed by atoms with van der Waals surface area (Å²) in [6.07, 6.45) is 0. The normalized spacial score (nSPS) is 12.2. The van der Waals surface area contributed by atoms with Crippen molar-refractivity contribution < 1.29 is 9.18 Å². The van der Waals surface area contributed by atoms with E-state index in [-0.39, 0.29) is 23.7 Å². The molecule has 0 spiro atoms. The number of rotatable bonds is 7. The monoisotopic (exact) mass is 350 g/mol. The Labute approximate surface area is 150 Å². The molecule has 0 radical (unpaired) electrons. The fourth-order valence-corrected chi connectivity index (χ4v) is 2.08. The van der Waals surface area contributed by atoms with Crippen LogP contribution in [0.2, 0.25) is 0 Å². The number of aliphatic imine (C=N–C) groups is 1. The van der Waals surface area contributed by atoms with Gasteiger partial charge in [0.1, 0.15) is 12.4 Å². The van der Waals surface area contributed by atoms with Crippen molar-refractivity contribution in [1.29, 1.82) is 0 Å². The molecule has 0 aliphatic rings. The maximum Gasteiger partial charge on any atom is 0.243 e. The summed E-state index contributed by atoms with van der Waals surface area (Å²) in [6.45, 7) is 9.69. The molecule has 6 heteroatoms. The third-order valence-electron chi connectivity index (χ3n) is 3.85. The van der Waals surface area contributed by atoms with E-state index in [0.29, 0.717) is 18.4 Å². The average molecular weight is 350 g/mol. The second-order valence-electron chi connectivity index (χ2n) is 7.48. The number of hydrogen-bond donors (Lipinski definition) is 2. The van der Waals surface area contributed by atoms with E-state index >= 15 is 0 Å². The van der Waals surface area contributed by atoms with Gasteiger partial charge in [0.25, 0.3) is 0 Å². The van der Waals surface area contributed by atoms with E-state index in [4.69, 9.17) is 0 Å². The van der Waals surface area contributed by atoms with Crippen LogP contribution in [0.1, 0.15) is 33.3 Å². The Morgan fingerprint density at radius 2 is 1.96 bits per heavy atom. The molecule has 0 bridgehead atoms. The zero-order chi connectivity index (χ0) is 19.0. The first-order valence-electron chi connectivity index (χ1n) is 8.60. The van der Waals surface area contributed by atoms with E-state index in [1.165, 1.54) is 11.0 Å². The highest BCUT2D eigenvalue weighted by atomic mass is 19.1. The molecule has 5 nitrogen and oxygen atoms in total. The number of amides is 1. The van der Waals surface area contributed by atoms with Crippen molar-refractivity contribution in [3.05, 3.63) is 35.6 Å². The van der Waals surface area contributed by atoms with Crippen LogP contribution in [-0.2, 0) is 10.2 Å². The van der Waals surface area contributed by atoms with Crippen molar-refractivity contribution in [1.82, 2.24) is 15.5 Å². The maximum atomic E-state index is 13.5. The number of hydrogen-bond acceptors (Lipinski definition) is 2. The van der Waals surface area contributed by atoms with Crippen LogP contribution in [0.5, 0.6) is 0 Å². The highest BCUT2D eigenvalue weighted by molar-refractivity contribution is 5.84. The van der Waals surface area contributed by atoms with Crippen molar-refractivity contribution in [2.75, 3.05) is 33.7 Å². The summed E-state index contributed by atoms with van der Waals surface area (Å²) in [5, 5.41) is 6.52. The Hall–Kier alpha value is -2.11. The summed E-state index contributed by atoms with van der Waals surface area (Å²) in [5.74, 6) is 0.741. The van der Waals surface area contributed by atoms with Crippen molar-refractivity contribution in [2.24, 2.45) is 10.9 Å². The Morgan fingerprint density at radius 1 is 1.28 bits per heavy atom. The molecule has 1 aromatic carbocycles. The smallest absolute Gasteiger partial charge is 0.243 e. The first kappa shape index (κ1) is 20.9. The molecule has 0 fully saturated rings. The number of carbonyl (C=O) groups is 1. The Morgan fingerprint density at radius 3 is 2.52 bits per heavy atom. The van der Waals surface area contributed by atoms with Gasteiger partial charge in [0, 0.05) is 32.6 Å². The van der Waals surface area contributed by atoms with E-state index in [0.717, 1.165) is 12.1 Å². The molecular formula is C19H31FN4O. The lowest BCUT2D eigenvalue weighted by Crippen LogP contribution is -2.45. The first-order valence-corrected chi connectivity index (χ1v) is 8.60. The molecule has 1 aromatic rings. The van der Waals surface area contributed by atoms with Crippen molar-refractivity contribution in [3.63, 3.8) is 0 Å². The second-order valence-corrected chi connectivity index (χ2v) is 7.48. The van der Waals surface area contributed by atoms with Crippen LogP contribution in [-0.4, -0.2) is 50.5 Å². The number of benzene rings is 1. The van der Waals surface area contributed by atoms with Gasteiger partial charge < -0.3 is 15.5 Å². The Balaban J connectivity index is 2.78. The lowest BCUT2D eigenvalue weighted by atomic mass is 9.84. The molecule has 1 amide bonds. The van der Waals surface area contributed by atoms with Crippen LogP contribution < -0.4 is 10.6 Å². The van der Waals surface area contributed by atoms with Crippen LogP contribution in [0.15, 0.2) is 29.3 Å². The Kier molecular flexibility index (Phi) is 7.87. The topological polar surface area (TPSA) is 56.7 Å². The molecule has 0 aromatic heterocycles. The van der Waals surface area contributed by atoms with Gasteiger partial charge in [-0.25, -0.2) is 9.38 Å². The average Bonchev–Trinajstić information content (AvgIpc) is 2.53. The van der Waals surface area contributed by atoms with Gasteiger partial charge in [0.05, 0.1) is 0 Å². The lowest BCUT2D eigenvalue weighted by molar-refractivity contribution is -0.127. The predicted octanol–water partition coefficient (Wildman–Crippen LogP) is 2.38. The third kappa shape index (κ3) is 7.54.